The normalized spacial score (nSPS) is 15.4. The quantitative estimate of drug-likeness (QED) is 0.806. The van der Waals surface area contributed by atoms with E-state index >= 15 is 0 Å². The largest absolute Gasteiger partial charge is 0.367 e. The Bertz CT molecular complexity index is 918. The average Bonchev–Trinajstić information content (AvgIpc) is 2.68. The molecule has 0 aliphatic carbocycles. The van der Waals surface area contributed by atoms with Crippen molar-refractivity contribution >= 4 is 27.1 Å². The summed E-state index contributed by atoms with van der Waals surface area (Å²) in [6.07, 6.45) is 1.20. The molecular formula is C21H27N3O3S. The number of anilines is 2. The maximum atomic E-state index is 12.7. The predicted molar refractivity (Wildman–Crippen MR) is 114 cm³/mol. The van der Waals surface area contributed by atoms with Crippen LogP contribution in [0.25, 0.3) is 0 Å². The second-order valence-corrected chi connectivity index (χ2v) is 9.30. The van der Waals surface area contributed by atoms with Crippen LogP contribution in [0.1, 0.15) is 22.8 Å². The van der Waals surface area contributed by atoms with Crippen LogP contribution in [0.5, 0.6) is 0 Å². The van der Waals surface area contributed by atoms with E-state index in [1.54, 1.807) is 24.3 Å². The minimum Gasteiger partial charge on any atom is -0.367 e. The highest BCUT2D eigenvalue weighted by molar-refractivity contribution is 7.89. The molecule has 6 nitrogen and oxygen atoms in total. The van der Waals surface area contributed by atoms with Crippen molar-refractivity contribution < 1.29 is 13.2 Å². The maximum absolute atomic E-state index is 12.7. The molecule has 0 aromatic heterocycles. The maximum Gasteiger partial charge on any atom is 0.255 e. The molecule has 0 radical (unpaired) electrons. The predicted octanol–water partition coefficient (Wildman–Crippen LogP) is 2.63. The fraction of sp³-hybridized carbons (Fsp3) is 0.381. The van der Waals surface area contributed by atoms with Gasteiger partial charge < -0.3 is 15.1 Å². The summed E-state index contributed by atoms with van der Waals surface area (Å²) in [5.74, 6) is -0.230. The number of para-hydroxylation sites is 2. The van der Waals surface area contributed by atoms with Crippen molar-refractivity contribution in [1.82, 2.24) is 4.90 Å². The number of amides is 1. The zero-order valence-corrected chi connectivity index (χ0v) is 17.2. The number of sulfone groups is 1. The van der Waals surface area contributed by atoms with Crippen LogP contribution in [0.15, 0.2) is 48.5 Å². The van der Waals surface area contributed by atoms with Crippen molar-refractivity contribution in [2.75, 3.05) is 49.2 Å². The zero-order valence-electron chi connectivity index (χ0n) is 16.4. The molecule has 0 spiro atoms. The van der Waals surface area contributed by atoms with Gasteiger partial charge in [0.05, 0.1) is 17.1 Å². The summed E-state index contributed by atoms with van der Waals surface area (Å²) in [6.45, 7) is 7.12. The van der Waals surface area contributed by atoms with Crippen molar-refractivity contribution in [3.63, 3.8) is 0 Å². The smallest absolute Gasteiger partial charge is 0.255 e. The first-order chi connectivity index (χ1) is 13.4. The van der Waals surface area contributed by atoms with Crippen LogP contribution in [0.2, 0.25) is 0 Å². The van der Waals surface area contributed by atoms with Crippen molar-refractivity contribution in [2.45, 2.75) is 12.7 Å². The van der Waals surface area contributed by atoms with Crippen molar-refractivity contribution in [3.05, 3.63) is 59.7 Å². The minimum absolute atomic E-state index is 0.0263. The van der Waals surface area contributed by atoms with E-state index in [0.717, 1.165) is 44.1 Å². The molecule has 1 heterocycles. The summed E-state index contributed by atoms with van der Waals surface area (Å²) in [5.41, 5.74) is 2.99. The Labute approximate surface area is 167 Å². The molecule has 0 bridgehead atoms. The molecule has 1 aliphatic rings. The summed E-state index contributed by atoms with van der Waals surface area (Å²) in [4.78, 5) is 17.4. The number of hydrogen-bond donors (Lipinski definition) is 1. The molecule has 7 heteroatoms. The van der Waals surface area contributed by atoms with E-state index in [1.165, 1.54) is 6.26 Å². The first-order valence-corrected chi connectivity index (χ1v) is 11.6. The van der Waals surface area contributed by atoms with E-state index in [4.69, 9.17) is 0 Å². The lowest BCUT2D eigenvalue weighted by atomic mass is 10.1. The highest BCUT2D eigenvalue weighted by Crippen LogP contribution is 2.27. The van der Waals surface area contributed by atoms with E-state index in [9.17, 15) is 13.2 Å². The van der Waals surface area contributed by atoms with E-state index < -0.39 is 9.84 Å². The van der Waals surface area contributed by atoms with E-state index in [1.807, 2.05) is 24.3 Å². The molecule has 1 saturated heterocycles. The zero-order chi connectivity index (χ0) is 20.1. The number of piperazine rings is 1. The first kappa shape index (κ1) is 20.4. The number of likely N-dealkylation sites (N-methyl/N-ethyl adjacent to an activating group) is 1. The summed E-state index contributed by atoms with van der Waals surface area (Å²) in [6, 6.07) is 14.5. The Morgan fingerprint density at radius 1 is 1.00 bits per heavy atom. The monoisotopic (exact) mass is 401 g/mol. The van der Waals surface area contributed by atoms with Gasteiger partial charge in [-0.2, -0.15) is 0 Å². The van der Waals surface area contributed by atoms with Gasteiger partial charge in [0.25, 0.3) is 5.91 Å². The van der Waals surface area contributed by atoms with Crippen molar-refractivity contribution in [2.24, 2.45) is 0 Å². The fourth-order valence-electron chi connectivity index (χ4n) is 3.41. The summed E-state index contributed by atoms with van der Waals surface area (Å²) in [7, 11) is -3.09. The van der Waals surface area contributed by atoms with Crippen LogP contribution < -0.4 is 10.2 Å². The highest BCUT2D eigenvalue weighted by Gasteiger charge is 2.19. The molecule has 150 valence electrons. The fourth-order valence-corrected chi connectivity index (χ4v) is 4.21. The van der Waals surface area contributed by atoms with Gasteiger partial charge in [-0.15, -0.1) is 0 Å². The topological polar surface area (TPSA) is 69.7 Å². The molecule has 2 aromatic rings. The highest BCUT2D eigenvalue weighted by atomic mass is 32.2. The first-order valence-electron chi connectivity index (χ1n) is 9.50. The van der Waals surface area contributed by atoms with Crippen LogP contribution in [0, 0.1) is 0 Å². The van der Waals surface area contributed by atoms with Gasteiger partial charge in [0.15, 0.2) is 9.84 Å². The second-order valence-electron chi connectivity index (χ2n) is 7.16. The van der Waals surface area contributed by atoms with Crippen LogP contribution in [-0.2, 0) is 15.6 Å². The molecule has 0 saturated carbocycles. The Morgan fingerprint density at radius 2 is 1.64 bits per heavy atom. The number of nitrogens with zero attached hydrogens (tertiary/aromatic N) is 2. The molecule has 1 amide bonds. The Kier molecular flexibility index (Phi) is 6.36. The van der Waals surface area contributed by atoms with Gasteiger partial charge in [0.2, 0.25) is 0 Å². The lowest BCUT2D eigenvalue weighted by Gasteiger charge is -2.36. The third-order valence-electron chi connectivity index (χ3n) is 4.96. The van der Waals surface area contributed by atoms with Crippen LogP contribution in [0.4, 0.5) is 11.4 Å². The van der Waals surface area contributed by atoms with Gasteiger partial charge in [-0.25, -0.2) is 8.42 Å². The number of carbonyl (C=O) groups is 1. The lowest BCUT2D eigenvalue weighted by molar-refractivity contribution is 0.102. The van der Waals surface area contributed by atoms with Gasteiger partial charge in [-0.1, -0.05) is 31.2 Å². The number of rotatable bonds is 6. The summed E-state index contributed by atoms with van der Waals surface area (Å²) in [5, 5.41) is 3.00. The van der Waals surface area contributed by atoms with Gasteiger partial charge in [0.1, 0.15) is 0 Å². The van der Waals surface area contributed by atoms with Gasteiger partial charge in [-0.05, 0) is 36.4 Å². The molecule has 1 fully saturated rings. The number of carbonyl (C=O) groups excluding carboxylic acids is 1. The number of benzene rings is 2. The van der Waals surface area contributed by atoms with E-state index in [0.29, 0.717) is 11.1 Å². The molecule has 3 rings (SSSR count). The van der Waals surface area contributed by atoms with Gasteiger partial charge in [-0.3, -0.25) is 4.79 Å². The minimum atomic E-state index is -3.09. The van der Waals surface area contributed by atoms with Crippen molar-refractivity contribution in [3.8, 4) is 0 Å². The second kappa shape index (κ2) is 8.75. The number of hydrogen-bond acceptors (Lipinski definition) is 5. The molecular weight excluding hydrogens is 374 g/mol. The third kappa shape index (κ3) is 5.33. The summed E-state index contributed by atoms with van der Waals surface area (Å²) >= 11 is 0. The standard InChI is InChI=1S/C21H27N3O3S/c1-3-23-12-14-24(15-13-23)20-7-5-4-6-19(20)22-21(25)18-10-8-17(9-11-18)16-28(2,26)27/h4-11H,3,12-16H2,1-2H3,(H,22,25). The Balaban J connectivity index is 1.71. The molecule has 1 aliphatic heterocycles. The molecule has 0 unspecified atom stereocenters. The Morgan fingerprint density at radius 3 is 2.25 bits per heavy atom. The van der Waals surface area contributed by atoms with Gasteiger partial charge >= 0.3 is 0 Å². The summed E-state index contributed by atoms with van der Waals surface area (Å²) < 4.78 is 22.8. The number of nitrogens with one attached hydrogen (secondary N) is 1. The van der Waals surface area contributed by atoms with E-state index in [-0.39, 0.29) is 11.7 Å². The average molecular weight is 402 g/mol. The SMILES string of the molecule is CCN1CCN(c2ccccc2NC(=O)c2ccc(CS(C)(=O)=O)cc2)CC1. The molecule has 28 heavy (non-hydrogen) atoms. The lowest BCUT2D eigenvalue weighted by Crippen LogP contribution is -2.46. The third-order valence-corrected chi connectivity index (χ3v) is 5.82. The van der Waals surface area contributed by atoms with Gasteiger partial charge in [0, 0.05) is 38.0 Å². The van der Waals surface area contributed by atoms with Crippen LogP contribution in [0.3, 0.4) is 0 Å². The van der Waals surface area contributed by atoms with Crippen LogP contribution >= 0.6 is 0 Å². The molecule has 0 atom stereocenters. The Hall–Kier alpha value is -2.38. The van der Waals surface area contributed by atoms with E-state index in [2.05, 4.69) is 22.0 Å². The molecule has 2 aromatic carbocycles. The van der Waals surface area contributed by atoms with Crippen LogP contribution in [-0.4, -0.2) is 58.2 Å². The molecule has 1 N–H and O–H groups in total. The van der Waals surface area contributed by atoms with Crippen molar-refractivity contribution in [1.29, 1.82) is 0 Å².